The standard InChI is InChI=1S/C27H36N2O6/c1-16(2)27(17(3)4)13-20(22-9-8-21(30)12-24(22)35-27)14-28-18(5)6-7-19-10-23(29(31)32)26-25(11-19)33-15-34-26/h8-12,16-18,20,28,30H,6-7,13-15H2,1-5H3. The molecule has 2 heterocycles. The van der Waals surface area contributed by atoms with Crippen molar-refractivity contribution < 1.29 is 24.2 Å². The van der Waals surface area contributed by atoms with Gasteiger partial charge in [0, 0.05) is 30.6 Å². The molecule has 0 saturated heterocycles. The van der Waals surface area contributed by atoms with Gasteiger partial charge in [-0.15, -0.1) is 0 Å². The van der Waals surface area contributed by atoms with Crippen LogP contribution in [0.4, 0.5) is 5.69 Å². The third kappa shape index (κ3) is 5.03. The molecule has 2 unspecified atom stereocenters. The number of benzene rings is 2. The van der Waals surface area contributed by atoms with Gasteiger partial charge in [0.1, 0.15) is 17.1 Å². The maximum Gasteiger partial charge on any atom is 0.315 e. The largest absolute Gasteiger partial charge is 0.508 e. The third-order valence-electron chi connectivity index (χ3n) is 7.55. The minimum Gasteiger partial charge on any atom is -0.508 e. The van der Waals surface area contributed by atoms with Crippen molar-refractivity contribution in [3.63, 3.8) is 0 Å². The fourth-order valence-electron chi connectivity index (χ4n) is 5.40. The number of nitrogens with one attached hydrogen (secondary N) is 1. The fraction of sp³-hybridized carbons (Fsp3) is 0.556. The van der Waals surface area contributed by atoms with E-state index in [0.717, 1.165) is 36.3 Å². The number of phenols is 1. The van der Waals surface area contributed by atoms with E-state index in [4.69, 9.17) is 14.2 Å². The maximum atomic E-state index is 11.4. The number of nitro benzene ring substituents is 1. The van der Waals surface area contributed by atoms with Gasteiger partial charge in [0.25, 0.3) is 0 Å². The van der Waals surface area contributed by atoms with Crippen molar-refractivity contribution >= 4 is 5.69 Å². The van der Waals surface area contributed by atoms with E-state index in [1.165, 1.54) is 0 Å². The van der Waals surface area contributed by atoms with E-state index in [2.05, 4.69) is 39.9 Å². The molecule has 190 valence electrons. The van der Waals surface area contributed by atoms with Gasteiger partial charge in [-0.1, -0.05) is 33.8 Å². The van der Waals surface area contributed by atoms with Crippen molar-refractivity contribution in [1.82, 2.24) is 5.32 Å². The molecular formula is C27H36N2O6. The molecular weight excluding hydrogens is 448 g/mol. The monoisotopic (exact) mass is 484 g/mol. The minimum atomic E-state index is -0.422. The highest BCUT2D eigenvalue weighted by Gasteiger charge is 2.45. The summed E-state index contributed by atoms with van der Waals surface area (Å²) in [6.07, 6.45) is 2.40. The number of nitrogens with zero attached hydrogens (tertiary/aromatic N) is 1. The van der Waals surface area contributed by atoms with E-state index in [-0.39, 0.29) is 41.5 Å². The van der Waals surface area contributed by atoms with Gasteiger partial charge in [-0.3, -0.25) is 10.1 Å². The van der Waals surface area contributed by atoms with E-state index in [1.54, 1.807) is 18.2 Å². The summed E-state index contributed by atoms with van der Waals surface area (Å²) in [5.41, 5.74) is 1.63. The Hall–Kier alpha value is -3.00. The van der Waals surface area contributed by atoms with E-state index in [0.29, 0.717) is 24.0 Å². The maximum absolute atomic E-state index is 11.4. The zero-order chi connectivity index (χ0) is 25.3. The molecule has 0 fully saturated rings. The number of hydrogen-bond donors (Lipinski definition) is 2. The summed E-state index contributed by atoms with van der Waals surface area (Å²) in [4.78, 5) is 11.0. The lowest BCUT2D eigenvalue weighted by molar-refractivity contribution is -0.385. The van der Waals surface area contributed by atoms with Gasteiger partial charge in [-0.2, -0.15) is 0 Å². The summed E-state index contributed by atoms with van der Waals surface area (Å²) in [7, 11) is 0. The third-order valence-corrected chi connectivity index (χ3v) is 7.55. The van der Waals surface area contributed by atoms with Crippen LogP contribution in [-0.4, -0.2) is 35.0 Å². The quantitative estimate of drug-likeness (QED) is 0.355. The Labute approximate surface area is 206 Å². The predicted molar refractivity (Wildman–Crippen MR) is 134 cm³/mol. The first-order valence-corrected chi connectivity index (χ1v) is 12.4. The van der Waals surface area contributed by atoms with Crippen LogP contribution in [0.3, 0.4) is 0 Å². The average molecular weight is 485 g/mol. The van der Waals surface area contributed by atoms with Crippen molar-refractivity contribution in [2.75, 3.05) is 13.3 Å². The number of rotatable bonds is 9. The van der Waals surface area contributed by atoms with E-state index >= 15 is 0 Å². The van der Waals surface area contributed by atoms with Crippen molar-refractivity contribution in [2.45, 2.75) is 71.4 Å². The molecule has 35 heavy (non-hydrogen) atoms. The van der Waals surface area contributed by atoms with Gasteiger partial charge in [-0.05, 0) is 61.3 Å². The van der Waals surface area contributed by atoms with Crippen LogP contribution < -0.4 is 19.5 Å². The Bertz CT molecular complexity index is 1080. The Balaban J connectivity index is 1.44. The smallest absolute Gasteiger partial charge is 0.315 e. The highest BCUT2D eigenvalue weighted by atomic mass is 16.7. The lowest BCUT2D eigenvalue weighted by atomic mass is 9.71. The van der Waals surface area contributed by atoms with Crippen molar-refractivity contribution in [3.8, 4) is 23.0 Å². The number of aryl methyl sites for hydroxylation is 1. The van der Waals surface area contributed by atoms with Crippen LogP contribution in [0.15, 0.2) is 30.3 Å². The second-order valence-electron chi connectivity index (χ2n) is 10.4. The molecule has 8 nitrogen and oxygen atoms in total. The number of aromatic hydroxyl groups is 1. The lowest BCUT2D eigenvalue weighted by Gasteiger charge is -2.48. The van der Waals surface area contributed by atoms with Gasteiger partial charge < -0.3 is 24.6 Å². The van der Waals surface area contributed by atoms with Crippen LogP contribution in [0.1, 0.15) is 64.5 Å². The summed E-state index contributed by atoms with van der Waals surface area (Å²) in [6.45, 7) is 11.7. The Morgan fingerprint density at radius 3 is 2.54 bits per heavy atom. The van der Waals surface area contributed by atoms with Crippen molar-refractivity contribution in [3.05, 3.63) is 51.6 Å². The molecule has 0 amide bonds. The second kappa shape index (κ2) is 9.93. The van der Waals surface area contributed by atoms with Crippen molar-refractivity contribution in [1.29, 1.82) is 0 Å². The molecule has 2 aliphatic heterocycles. The molecule has 2 N–H and O–H groups in total. The number of phenolic OH excluding ortho intramolecular Hbond substituents is 1. The number of ether oxygens (including phenoxy) is 3. The summed E-state index contributed by atoms with van der Waals surface area (Å²) >= 11 is 0. The normalized spacial score (nSPS) is 18.9. The lowest BCUT2D eigenvalue weighted by Crippen LogP contribution is -2.51. The molecule has 2 aromatic rings. The zero-order valence-electron chi connectivity index (χ0n) is 21.2. The molecule has 0 radical (unpaired) electrons. The Morgan fingerprint density at radius 1 is 1.11 bits per heavy atom. The summed E-state index contributed by atoms with van der Waals surface area (Å²) in [5.74, 6) is 2.52. The molecule has 0 bridgehead atoms. The molecule has 4 rings (SSSR count). The number of fused-ring (bicyclic) bond motifs is 2. The topological polar surface area (TPSA) is 103 Å². The van der Waals surface area contributed by atoms with Crippen LogP contribution in [0, 0.1) is 22.0 Å². The van der Waals surface area contributed by atoms with Gasteiger partial charge in [0.2, 0.25) is 12.5 Å². The molecule has 0 aromatic heterocycles. The van der Waals surface area contributed by atoms with Crippen LogP contribution >= 0.6 is 0 Å². The molecule has 2 atom stereocenters. The summed E-state index contributed by atoms with van der Waals surface area (Å²) < 4.78 is 17.2. The first-order chi connectivity index (χ1) is 16.6. The predicted octanol–water partition coefficient (Wildman–Crippen LogP) is 5.56. The van der Waals surface area contributed by atoms with Crippen molar-refractivity contribution in [2.24, 2.45) is 11.8 Å². The first-order valence-electron chi connectivity index (χ1n) is 12.4. The van der Waals surface area contributed by atoms with Gasteiger partial charge in [-0.25, -0.2) is 0 Å². The van der Waals surface area contributed by atoms with E-state index in [1.807, 2.05) is 12.1 Å². The minimum absolute atomic E-state index is 0.0101. The SMILES string of the molecule is CC(CCc1cc2c(c([N+](=O)[O-])c1)OCO2)NCC1CC(C(C)C)(C(C)C)Oc2cc(O)ccc21. The molecule has 0 aliphatic carbocycles. The Morgan fingerprint density at radius 2 is 1.86 bits per heavy atom. The van der Waals surface area contributed by atoms with Crippen LogP contribution in [0.5, 0.6) is 23.0 Å². The van der Waals surface area contributed by atoms with Gasteiger partial charge in [0.05, 0.1) is 4.92 Å². The first kappa shape index (κ1) is 25.1. The van der Waals surface area contributed by atoms with Gasteiger partial charge >= 0.3 is 5.69 Å². The van der Waals surface area contributed by atoms with E-state index < -0.39 is 4.92 Å². The molecule has 0 saturated carbocycles. The summed E-state index contributed by atoms with van der Waals surface area (Å²) in [5, 5.41) is 25.2. The average Bonchev–Trinajstić information content (AvgIpc) is 3.28. The highest BCUT2D eigenvalue weighted by Crippen LogP contribution is 2.48. The zero-order valence-corrected chi connectivity index (χ0v) is 21.2. The highest BCUT2D eigenvalue weighted by molar-refractivity contribution is 5.59. The van der Waals surface area contributed by atoms with Gasteiger partial charge in [0.15, 0.2) is 5.75 Å². The molecule has 2 aromatic carbocycles. The van der Waals surface area contributed by atoms with E-state index in [9.17, 15) is 15.2 Å². The molecule has 2 aliphatic rings. The Kier molecular flexibility index (Phi) is 7.12. The number of nitro groups is 1. The molecule has 8 heteroatoms. The van der Waals surface area contributed by atoms with Crippen LogP contribution in [-0.2, 0) is 6.42 Å². The fourth-order valence-corrected chi connectivity index (χ4v) is 5.40. The molecule has 0 spiro atoms. The van der Waals surface area contributed by atoms with Crippen LogP contribution in [0.25, 0.3) is 0 Å². The van der Waals surface area contributed by atoms with Crippen LogP contribution in [0.2, 0.25) is 0 Å². The number of hydrogen-bond acceptors (Lipinski definition) is 7. The second-order valence-corrected chi connectivity index (χ2v) is 10.4. The summed E-state index contributed by atoms with van der Waals surface area (Å²) in [6, 6.07) is 9.05.